The van der Waals surface area contributed by atoms with E-state index in [9.17, 15) is 4.79 Å². The number of nitrogens with zero attached hydrogens (tertiary/aromatic N) is 2. The maximum Gasteiger partial charge on any atom is 0.418 e. The number of aryl methyl sites for hydroxylation is 2. The molecule has 0 saturated heterocycles. The lowest BCUT2D eigenvalue weighted by Gasteiger charge is -2.12. The summed E-state index contributed by atoms with van der Waals surface area (Å²) in [7, 11) is 0. The molecule has 0 radical (unpaired) electrons. The van der Waals surface area contributed by atoms with Crippen molar-refractivity contribution in [3.63, 3.8) is 0 Å². The molecule has 0 saturated carbocycles. The number of anilines is 1. The van der Waals surface area contributed by atoms with E-state index in [1.54, 1.807) is 6.92 Å². The average Bonchev–Trinajstić information content (AvgIpc) is 3.11. The Bertz CT molecular complexity index is 769. The van der Waals surface area contributed by atoms with Crippen LogP contribution in [-0.2, 0) is 11.2 Å². The number of hydrogen-bond donors (Lipinski definition) is 2. The van der Waals surface area contributed by atoms with Crippen LogP contribution in [0.3, 0.4) is 0 Å². The Labute approximate surface area is 145 Å². The molecular weight excluding hydrogens is 324 g/mol. The second-order valence-corrected chi connectivity index (χ2v) is 5.82. The number of aromatic nitrogens is 1. The van der Waals surface area contributed by atoms with Crippen molar-refractivity contribution < 1.29 is 18.7 Å². The zero-order chi connectivity index (χ0) is 17.8. The van der Waals surface area contributed by atoms with Gasteiger partial charge in [-0.2, -0.15) is 4.98 Å². The summed E-state index contributed by atoms with van der Waals surface area (Å²) < 4.78 is 15.4. The molecule has 0 bridgehead atoms. The lowest BCUT2D eigenvalue weighted by atomic mass is 10.0. The molecule has 0 spiro atoms. The quantitative estimate of drug-likeness (QED) is 0.862. The fraction of sp³-hybridized carbons (Fsp3) is 0.353. The third kappa shape index (κ3) is 4.28. The van der Waals surface area contributed by atoms with Gasteiger partial charge in [-0.05, 0) is 44.4 Å². The van der Waals surface area contributed by atoms with Crippen molar-refractivity contribution in [1.29, 1.82) is 0 Å². The predicted molar refractivity (Wildman–Crippen MR) is 91.6 cm³/mol. The molecule has 2 atom stereocenters. The lowest BCUT2D eigenvalue weighted by molar-refractivity contribution is 0.205. The average molecular weight is 344 g/mol. The van der Waals surface area contributed by atoms with Gasteiger partial charge in [-0.1, -0.05) is 12.1 Å². The Balaban J connectivity index is 1.50. The standard InChI is InChI=1S/C17H20N4O4/c1-10-14(21-16(18)24-10)8-5-12-3-6-13(7-4-12)20-17(22)25-15-11(2)23-9-19-15/h3-4,6-7,9-10,14H,5,8H2,1-2H3,(H2,18,21)(H,20,22)/t10-,14-/m0/s1. The van der Waals surface area contributed by atoms with Crippen LogP contribution in [0.5, 0.6) is 5.88 Å². The molecule has 3 N–H and O–H groups in total. The van der Waals surface area contributed by atoms with Crippen LogP contribution >= 0.6 is 0 Å². The zero-order valence-electron chi connectivity index (χ0n) is 14.1. The van der Waals surface area contributed by atoms with Crippen molar-refractivity contribution in [3.05, 3.63) is 42.0 Å². The number of rotatable bonds is 5. The fourth-order valence-electron chi connectivity index (χ4n) is 2.56. The van der Waals surface area contributed by atoms with Crippen molar-refractivity contribution in [2.45, 2.75) is 38.8 Å². The highest BCUT2D eigenvalue weighted by Crippen LogP contribution is 2.19. The summed E-state index contributed by atoms with van der Waals surface area (Å²) in [6.45, 7) is 3.63. The Kier molecular flexibility index (Phi) is 4.87. The van der Waals surface area contributed by atoms with Gasteiger partial charge in [0.25, 0.3) is 11.9 Å². The van der Waals surface area contributed by atoms with Gasteiger partial charge in [0.2, 0.25) is 0 Å². The molecule has 2 aromatic rings. The number of nitrogens with two attached hydrogens (primary N) is 1. The van der Waals surface area contributed by atoms with Crippen LogP contribution in [-0.4, -0.2) is 29.2 Å². The Morgan fingerprint density at radius 3 is 2.72 bits per heavy atom. The minimum atomic E-state index is -0.619. The number of amides is 1. The normalized spacial score (nSPS) is 19.2. The largest absolute Gasteiger partial charge is 0.460 e. The highest BCUT2D eigenvalue weighted by atomic mass is 16.6. The molecule has 0 fully saturated rings. The van der Waals surface area contributed by atoms with Gasteiger partial charge in [0, 0.05) is 5.69 Å². The smallest absolute Gasteiger partial charge is 0.418 e. The highest BCUT2D eigenvalue weighted by molar-refractivity contribution is 5.86. The highest BCUT2D eigenvalue weighted by Gasteiger charge is 2.25. The van der Waals surface area contributed by atoms with Gasteiger partial charge in [0.1, 0.15) is 6.10 Å². The number of carbonyl (C=O) groups excluding carboxylic acids is 1. The van der Waals surface area contributed by atoms with Crippen LogP contribution < -0.4 is 15.8 Å². The molecule has 25 heavy (non-hydrogen) atoms. The second-order valence-electron chi connectivity index (χ2n) is 5.82. The molecular formula is C17H20N4O4. The molecule has 1 aromatic heterocycles. The molecule has 1 aliphatic rings. The number of benzene rings is 1. The second kappa shape index (κ2) is 7.25. The van der Waals surface area contributed by atoms with Gasteiger partial charge in [0.15, 0.2) is 12.2 Å². The number of aliphatic imine (C=N–C) groups is 1. The molecule has 1 aromatic carbocycles. The van der Waals surface area contributed by atoms with E-state index in [0.29, 0.717) is 11.4 Å². The van der Waals surface area contributed by atoms with Crippen LogP contribution in [0.4, 0.5) is 10.5 Å². The van der Waals surface area contributed by atoms with E-state index >= 15 is 0 Å². The van der Waals surface area contributed by atoms with Crippen molar-refractivity contribution >= 4 is 17.8 Å². The minimum absolute atomic E-state index is 0.00991. The zero-order valence-corrected chi connectivity index (χ0v) is 14.1. The van der Waals surface area contributed by atoms with E-state index in [1.165, 1.54) is 6.39 Å². The van der Waals surface area contributed by atoms with Gasteiger partial charge in [-0.25, -0.2) is 9.79 Å². The van der Waals surface area contributed by atoms with Crippen LogP contribution in [0, 0.1) is 6.92 Å². The molecule has 2 heterocycles. The van der Waals surface area contributed by atoms with Crippen LogP contribution in [0.15, 0.2) is 40.1 Å². The molecule has 3 rings (SSSR count). The topological polar surface area (TPSA) is 112 Å². The number of oxazole rings is 1. The summed E-state index contributed by atoms with van der Waals surface area (Å²) in [5.41, 5.74) is 7.35. The van der Waals surface area contributed by atoms with Crippen molar-refractivity contribution in [2.75, 3.05) is 5.32 Å². The van der Waals surface area contributed by atoms with E-state index < -0.39 is 6.09 Å². The van der Waals surface area contributed by atoms with Crippen LogP contribution in [0.2, 0.25) is 0 Å². The first kappa shape index (κ1) is 16.8. The number of amidine groups is 1. The summed E-state index contributed by atoms with van der Waals surface area (Å²) in [5.74, 6) is 0.598. The van der Waals surface area contributed by atoms with Crippen molar-refractivity contribution in [3.8, 4) is 5.88 Å². The summed E-state index contributed by atoms with van der Waals surface area (Å²) in [5, 5.41) is 2.64. The van der Waals surface area contributed by atoms with Gasteiger partial charge < -0.3 is 19.6 Å². The fourth-order valence-corrected chi connectivity index (χ4v) is 2.56. The number of ether oxygens (including phenoxy) is 2. The molecule has 1 aliphatic heterocycles. The third-order valence-corrected chi connectivity index (χ3v) is 3.96. The van der Waals surface area contributed by atoms with E-state index in [-0.39, 0.29) is 24.0 Å². The lowest BCUT2D eigenvalue weighted by Crippen LogP contribution is -2.20. The number of nitrogens with one attached hydrogen (secondary N) is 1. The predicted octanol–water partition coefficient (Wildman–Crippen LogP) is 2.63. The van der Waals surface area contributed by atoms with Gasteiger partial charge in [-0.15, -0.1) is 0 Å². The maximum absolute atomic E-state index is 11.8. The van der Waals surface area contributed by atoms with Crippen molar-refractivity contribution in [1.82, 2.24) is 4.98 Å². The van der Waals surface area contributed by atoms with Crippen LogP contribution in [0.1, 0.15) is 24.7 Å². The van der Waals surface area contributed by atoms with Gasteiger partial charge in [0.05, 0.1) is 6.04 Å². The maximum atomic E-state index is 11.8. The Morgan fingerprint density at radius 2 is 2.12 bits per heavy atom. The first-order valence-corrected chi connectivity index (χ1v) is 7.99. The summed E-state index contributed by atoms with van der Waals surface area (Å²) in [6.07, 6.45) is 2.31. The molecule has 132 valence electrons. The SMILES string of the molecule is Cc1ocnc1OC(=O)Nc1ccc(CC[C@@H]2N=C(N)O[C@H]2C)cc1. The van der Waals surface area contributed by atoms with E-state index in [4.69, 9.17) is 19.6 Å². The Morgan fingerprint density at radius 1 is 1.36 bits per heavy atom. The first-order chi connectivity index (χ1) is 12.0. The molecule has 0 aliphatic carbocycles. The number of hydrogen-bond acceptors (Lipinski definition) is 7. The molecule has 0 unspecified atom stereocenters. The van der Waals surface area contributed by atoms with E-state index in [1.807, 2.05) is 31.2 Å². The van der Waals surface area contributed by atoms with E-state index in [2.05, 4.69) is 15.3 Å². The monoisotopic (exact) mass is 344 g/mol. The minimum Gasteiger partial charge on any atom is -0.460 e. The first-order valence-electron chi connectivity index (χ1n) is 7.99. The number of carbonyl (C=O) groups is 1. The molecule has 8 heteroatoms. The van der Waals surface area contributed by atoms with Gasteiger partial charge in [-0.3, -0.25) is 5.32 Å². The van der Waals surface area contributed by atoms with Crippen LogP contribution in [0.25, 0.3) is 0 Å². The molecule has 8 nitrogen and oxygen atoms in total. The molecule has 1 amide bonds. The summed E-state index contributed by atoms with van der Waals surface area (Å²) in [4.78, 5) is 19.9. The Hall–Kier alpha value is -3.03. The van der Waals surface area contributed by atoms with Gasteiger partial charge >= 0.3 is 6.09 Å². The summed E-state index contributed by atoms with van der Waals surface area (Å²) in [6, 6.07) is 7.88. The third-order valence-electron chi connectivity index (χ3n) is 3.96. The summed E-state index contributed by atoms with van der Waals surface area (Å²) >= 11 is 0. The van der Waals surface area contributed by atoms with E-state index in [0.717, 1.165) is 18.4 Å². The van der Waals surface area contributed by atoms with Crippen molar-refractivity contribution in [2.24, 2.45) is 10.7 Å².